The van der Waals surface area contributed by atoms with Gasteiger partial charge in [-0.15, -0.1) is 0 Å². The maximum absolute atomic E-state index is 14.0. The fraction of sp³-hybridized carbons (Fsp3) is 0.636. The Kier molecular flexibility index (Phi) is 9.19. The van der Waals surface area contributed by atoms with Crippen LogP contribution in [0, 0.1) is 35.5 Å². The molecular weight excluding hydrogens is 720 g/mol. The lowest BCUT2D eigenvalue weighted by molar-refractivity contribution is -0.459. The zero-order valence-electron chi connectivity index (χ0n) is 32.3. The third-order valence-corrected chi connectivity index (χ3v) is 14.9. The molecule has 3 aliphatic carbocycles. The molecule has 3 saturated carbocycles. The van der Waals surface area contributed by atoms with Crippen LogP contribution >= 0.6 is 0 Å². The molecule has 4 N–H and O–H groups in total. The molecule has 3 bridgehead atoms. The van der Waals surface area contributed by atoms with Crippen LogP contribution in [0.4, 0.5) is 0 Å². The molecule has 12 nitrogen and oxygen atoms in total. The highest BCUT2D eigenvalue weighted by molar-refractivity contribution is 5.90. The molecule has 9 rings (SSSR count). The highest BCUT2D eigenvalue weighted by Gasteiger charge is 2.91. The molecule has 12 heteroatoms. The number of hydrogen-bond donors (Lipinski definition) is 4. The van der Waals surface area contributed by atoms with Gasteiger partial charge >= 0.3 is 17.9 Å². The first-order valence-electron chi connectivity index (χ1n) is 20.4. The van der Waals surface area contributed by atoms with Gasteiger partial charge in [-0.2, -0.15) is 0 Å². The molecule has 7 fully saturated rings. The molecule has 1 unspecified atom stereocenters. The second-order valence-electron chi connectivity index (χ2n) is 17.8. The van der Waals surface area contributed by atoms with Crippen molar-refractivity contribution in [2.75, 3.05) is 13.2 Å². The fourth-order valence-electron chi connectivity index (χ4n) is 12.4. The van der Waals surface area contributed by atoms with Crippen LogP contribution in [0.5, 0.6) is 0 Å². The average Bonchev–Trinajstić information content (AvgIpc) is 3.84. The molecule has 0 aromatic heterocycles. The van der Waals surface area contributed by atoms with E-state index in [9.17, 15) is 30.0 Å². The van der Waals surface area contributed by atoms with E-state index in [4.69, 9.17) is 28.4 Å². The molecule has 7 aliphatic rings. The van der Waals surface area contributed by atoms with Crippen molar-refractivity contribution in [2.24, 2.45) is 35.5 Å². The van der Waals surface area contributed by atoms with E-state index in [1.54, 1.807) is 54.6 Å². The summed E-state index contributed by atoms with van der Waals surface area (Å²) in [6.07, 6.45) is -1.51. The lowest BCUT2D eigenvalue weighted by Gasteiger charge is -2.62. The molecule has 4 saturated heterocycles. The summed E-state index contributed by atoms with van der Waals surface area (Å²) in [5.74, 6) is -6.91. The Balaban J connectivity index is 1.28. The van der Waals surface area contributed by atoms with Gasteiger partial charge in [0.05, 0.1) is 29.9 Å². The van der Waals surface area contributed by atoms with Gasteiger partial charge in [-0.05, 0) is 67.4 Å². The van der Waals surface area contributed by atoms with Crippen LogP contribution in [0.15, 0.2) is 72.8 Å². The number of carbonyl (C=O) groups excluding carboxylic acids is 2. The minimum atomic E-state index is -2.27. The maximum Gasteiger partial charge on any atom is 0.338 e. The number of hydrogen-bond acceptors (Lipinski definition) is 12. The Morgan fingerprint density at radius 1 is 0.875 bits per heavy atom. The minimum absolute atomic E-state index is 0.0865. The molecule has 302 valence electrons. The van der Waals surface area contributed by atoms with Gasteiger partial charge in [0.15, 0.2) is 0 Å². The summed E-state index contributed by atoms with van der Waals surface area (Å²) in [5, 5.41) is 50.1. The summed E-state index contributed by atoms with van der Waals surface area (Å²) >= 11 is 0. The van der Waals surface area contributed by atoms with E-state index in [1.165, 1.54) is 0 Å². The lowest BCUT2D eigenvalue weighted by Crippen LogP contribution is -2.75. The monoisotopic (exact) mass is 774 g/mol. The third kappa shape index (κ3) is 5.12. The van der Waals surface area contributed by atoms with Gasteiger partial charge in [-0.1, -0.05) is 88.9 Å². The first-order chi connectivity index (χ1) is 26.8. The number of epoxide rings is 1. The Bertz CT molecular complexity index is 1860. The summed E-state index contributed by atoms with van der Waals surface area (Å²) in [5.41, 5.74) is -5.58. The smallest absolute Gasteiger partial charge is 0.338 e. The van der Waals surface area contributed by atoms with E-state index in [1.807, 2.05) is 19.9 Å². The SMILES string of the molecule is C=C(C)[C@@]12C[C@@H](COC(=O)c3ccccc3)[C@@]34OC5(O[C@@H]1[C@@H]3[C@@H]1O[C@]1(CO)[C@@H](O)[C@@]1(O)[C@H]4[C@H]([C@H](C)[C@@H]1OC(=O)c1ccccc1)[C@H](C)CCCCCC[C@H]5O)O2. The Labute approximate surface area is 327 Å². The summed E-state index contributed by atoms with van der Waals surface area (Å²) in [4.78, 5) is 27.7. The molecule has 4 heterocycles. The quantitative estimate of drug-likeness (QED) is 0.179. The van der Waals surface area contributed by atoms with Crippen molar-refractivity contribution in [3.63, 3.8) is 0 Å². The number of esters is 2. The largest absolute Gasteiger partial charge is 0.462 e. The third-order valence-electron chi connectivity index (χ3n) is 14.9. The van der Waals surface area contributed by atoms with E-state index in [0.717, 1.165) is 25.7 Å². The van der Waals surface area contributed by atoms with E-state index in [2.05, 4.69) is 13.5 Å². The van der Waals surface area contributed by atoms with Gasteiger partial charge in [-0.25, -0.2) is 9.59 Å². The van der Waals surface area contributed by atoms with Crippen LogP contribution < -0.4 is 0 Å². The van der Waals surface area contributed by atoms with Crippen molar-refractivity contribution < 1.29 is 58.4 Å². The zero-order valence-corrected chi connectivity index (χ0v) is 32.3. The fourth-order valence-corrected chi connectivity index (χ4v) is 12.4. The second-order valence-corrected chi connectivity index (χ2v) is 17.8. The first-order valence-corrected chi connectivity index (χ1v) is 20.4. The number of fused-ring (bicyclic) bond motifs is 1. The number of ether oxygens (including phenoxy) is 6. The Morgan fingerprint density at radius 2 is 1.52 bits per heavy atom. The molecule has 56 heavy (non-hydrogen) atoms. The van der Waals surface area contributed by atoms with Crippen LogP contribution in [0.25, 0.3) is 0 Å². The summed E-state index contributed by atoms with van der Waals surface area (Å²) in [7, 11) is 0. The summed E-state index contributed by atoms with van der Waals surface area (Å²) in [6.45, 7) is 9.43. The first kappa shape index (κ1) is 38.3. The predicted molar refractivity (Wildman–Crippen MR) is 199 cm³/mol. The number of rotatable bonds is 7. The van der Waals surface area contributed by atoms with Crippen molar-refractivity contribution in [3.05, 3.63) is 83.9 Å². The summed E-state index contributed by atoms with van der Waals surface area (Å²) < 4.78 is 40.4. The minimum Gasteiger partial charge on any atom is -0.462 e. The normalized spacial score (nSPS) is 47.3. The van der Waals surface area contributed by atoms with Crippen LogP contribution in [-0.2, 0) is 28.4 Å². The zero-order chi connectivity index (χ0) is 39.4. The molecule has 2 spiro atoms. The molecule has 0 amide bonds. The van der Waals surface area contributed by atoms with E-state index < -0.39 is 107 Å². The number of aliphatic hydroxyl groups excluding tert-OH is 3. The summed E-state index contributed by atoms with van der Waals surface area (Å²) in [6, 6.07) is 17.2. The highest BCUT2D eigenvalue weighted by atomic mass is 16.9. The Hall–Kier alpha value is -3.20. The molecule has 16 atom stereocenters. The second kappa shape index (κ2) is 13.4. The van der Waals surface area contributed by atoms with Gasteiger partial charge in [0.2, 0.25) is 0 Å². The topological polar surface area (TPSA) is 174 Å². The van der Waals surface area contributed by atoms with E-state index in [-0.39, 0.29) is 24.5 Å². The average molecular weight is 775 g/mol. The number of benzene rings is 2. The van der Waals surface area contributed by atoms with Gasteiger partial charge in [0.25, 0.3) is 0 Å². The van der Waals surface area contributed by atoms with Crippen molar-refractivity contribution >= 4 is 11.9 Å². The predicted octanol–water partition coefficient (Wildman–Crippen LogP) is 4.33. The number of aliphatic hydroxyl groups is 4. The van der Waals surface area contributed by atoms with Crippen LogP contribution in [-0.4, -0.2) is 104 Å². The van der Waals surface area contributed by atoms with E-state index in [0.29, 0.717) is 24.0 Å². The van der Waals surface area contributed by atoms with Crippen molar-refractivity contribution in [1.82, 2.24) is 0 Å². The van der Waals surface area contributed by atoms with Gasteiger partial charge in [0.1, 0.15) is 47.3 Å². The Morgan fingerprint density at radius 3 is 2.16 bits per heavy atom. The highest BCUT2D eigenvalue weighted by Crippen LogP contribution is 2.75. The molecule has 2 aromatic carbocycles. The van der Waals surface area contributed by atoms with Gasteiger partial charge < -0.3 is 48.8 Å². The number of carbonyl (C=O) groups is 2. The van der Waals surface area contributed by atoms with Crippen LogP contribution in [0.1, 0.15) is 86.4 Å². The molecule has 4 aliphatic heterocycles. The van der Waals surface area contributed by atoms with Crippen molar-refractivity contribution in [2.45, 2.75) is 125 Å². The molecule has 2 aromatic rings. The van der Waals surface area contributed by atoms with Crippen molar-refractivity contribution in [3.8, 4) is 0 Å². The van der Waals surface area contributed by atoms with Crippen LogP contribution in [0.3, 0.4) is 0 Å². The maximum atomic E-state index is 14.0. The van der Waals surface area contributed by atoms with E-state index >= 15 is 0 Å². The van der Waals surface area contributed by atoms with Crippen molar-refractivity contribution in [1.29, 1.82) is 0 Å². The van der Waals surface area contributed by atoms with Gasteiger partial charge in [-0.3, -0.25) is 0 Å². The lowest BCUT2D eigenvalue weighted by atomic mass is 9.51. The van der Waals surface area contributed by atoms with Crippen LogP contribution in [0.2, 0.25) is 0 Å². The standard InChI is InChI=1S/C44H54O12/c1-24(2)40-21-29(22-51-37(47)27-16-10-7-11-17-27)43-32-35(40)54-44(55-40,56-43)30(46)20-14-6-5-9-15-25(3)31-26(4)34(52-38(48)28-18-12-8-13-19-28)42(50,33(31)43)39(49)41(23-45)36(32)53-41/h7-8,10-13,16-19,25-26,29-36,39,45-46,49-50H,1,5-6,9,14-15,20-23H2,2-4H3/t25-,26+,29+,30-,31+,32-,33-,34+,35-,36+,39-,40+,41+,42-,43-,44?/m1/s1. The van der Waals surface area contributed by atoms with Gasteiger partial charge in [0, 0.05) is 17.8 Å². The molecular formula is C44H54O12. The molecule has 0 radical (unpaired) electrons.